The number of benzene rings is 1. The fraction of sp³-hybridized carbons (Fsp3) is 0.500. The zero-order valence-electron chi connectivity index (χ0n) is 11.9. The molecule has 1 aliphatic rings. The molecular weight excluding hydrogens is 266 g/mol. The van der Waals surface area contributed by atoms with Crippen LogP contribution in [0.2, 0.25) is 0 Å². The highest BCUT2D eigenvalue weighted by Gasteiger charge is 2.22. The van der Waals surface area contributed by atoms with Crippen LogP contribution in [-0.2, 0) is 19.4 Å². The topological polar surface area (TPSA) is 37.8 Å². The Balaban J connectivity index is 1.66. The summed E-state index contributed by atoms with van der Waals surface area (Å²) in [6.45, 7) is 4.08. The molecule has 1 atom stereocenters. The molecule has 1 unspecified atom stereocenters. The number of aryl methyl sites for hydroxylation is 1. The van der Waals surface area contributed by atoms with Crippen molar-refractivity contribution in [3.05, 3.63) is 45.4 Å². The van der Waals surface area contributed by atoms with Gasteiger partial charge in [-0.3, -0.25) is 0 Å². The summed E-state index contributed by atoms with van der Waals surface area (Å²) >= 11 is 1.78. The third kappa shape index (κ3) is 3.07. The first-order chi connectivity index (χ1) is 9.86. The molecule has 0 bridgehead atoms. The molecule has 106 valence electrons. The Hall–Kier alpha value is -1.26. The van der Waals surface area contributed by atoms with Crippen LogP contribution in [0.5, 0.6) is 0 Å². The average molecular weight is 287 g/mol. The molecule has 1 aromatic heterocycles. The van der Waals surface area contributed by atoms with Gasteiger partial charge in [0.1, 0.15) is 10.0 Å². The van der Waals surface area contributed by atoms with Gasteiger partial charge in [0.2, 0.25) is 0 Å². The number of aromatic nitrogens is 2. The van der Waals surface area contributed by atoms with E-state index in [-0.39, 0.29) is 0 Å². The van der Waals surface area contributed by atoms with Gasteiger partial charge >= 0.3 is 0 Å². The molecule has 0 amide bonds. The van der Waals surface area contributed by atoms with Crippen molar-refractivity contribution >= 4 is 11.3 Å². The van der Waals surface area contributed by atoms with Crippen molar-refractivity contribution in [3.63, 3.8) is 0 Å². The first-order valence-corrected chi connectivity index (χ1v) is 8.28. The predicted molar refractivity (Wildman–Crippen MR) is 83.1 cm³/mol. The van der Waals surface area contributed by atoms with Crippen molar-refractivity contribution in [1.29, 1.82) is 0 Å². The van der Waals surface area contributed by atoms with Crippen LogP contribution in [0.4, 0.5) is 0 Å². The lowest BCUT2D eigenvalue weighted by Gasteiger charge is -2.22. The largest absolute Gasteiger partial charge is 0.310 e. The molecule has 0 fully saturated rings. The van der Waals surface area contributed by atoms with E-state index in [1.165, 1.54) is 29.0 Å². The van der Waals surface area contributed by atoms with E-state index in [1.54, 1.807) is 11.3 Å². The van der Waals surface area contributed by atoms with Crippen LogP contribution in [0.25, 0.3) is 0 Å². The van der Waals surface area contributed by atoms with Crippen LogP contribution in [0.15, 0.2) is 24.3 Å². The molecule has 0 spiro atoms. The normalized spacial score (nSPS) is 17.9. The smallest absolute Gasteiger partial charge is 0.131 e. The molecule has 20 heavy (non-hydrogen) atoms. The summed E-state index contributed by atoms with van der Waals surface area (Å²) in [6.07, 6.45) is 4.65. The van der Waals surface area contributed by atoms with Crippen molar-refractivity contribution in [2.45, 2.75) is 45.1 Å². The summed E-state index contributed by atoms with van der Waals surface area (Å²) in [5, 5.41) is 14.5. The van der Waals surface area contributed by atoms with Gasteiger partial charge in [-0.25, -0.2) is 0 Å². The first kappa shape index (κ1) is 13.7. The Morgan fingerprint density at radius 1 is 1.25 bits per heavy atom. The van der Waals surface area contributed by atoms with E-state index in [2.05, 4.69) is 46.7 Å². The Morgan fingerprint density at radius 3 is 2.95 bits per heavy atom. The maximum absolute atomic E-state index is 4.42. The summed E-state index contributed by atoms with van der Waals surface area (Å²) in [4.78, 5) is 0. The lowest BCUT2D eigenvalue weighted by Crippen LogP contribution is -2.13. The van der Waals surface area contributed by atoms with E-state index in [1.807, 2.05) is 0 Å². The van der Waals surface area contributed by atoms with Gasteiger partial charge < -0.3 is 5.32 Å². The van der Waals surface area contributed by atoms with Gasteiger partial charge in [0.25, 0.3) is 0 Å². The zero-order valence-corrected chi connectivity index (χ0v) is 12.7. The van der Waals surface area contributed by atoms with Crippen LogP contribution in [-0.4, -0.2) is 16.7 Å². The molecule has 1 N–H and O–H groups in total. The average Bonchev–Trinajstić information content (AvgIpc) is 2.96. The van der Waals surface area contributed by atoms with E-state index < -0.39 is 0 Å². The summed E-state index contributed by atoms with van der Waals surface area (Å²) in [5.41, 5.74) is 3.00. The number of nitrogens with one attached hydrogen (secondary N) is 1. The van der Waals surface area contributed by atoms with Gasteiger partial charge in [-0.1, -0.05) is 42.5 Å². The molecule has 0 aliphatic heterocycles. The number of hydrogen-bond donors (Lipinski definition) is 1. The minimum Gasteiger partial charge on any atom is -0.310 e. The Labute approximate surface area is 124 Å². The third-order valence-corrected chi connectivity index (χ3v) is 4.97. The fourth-order valence-electron chi connectivity index (χ4n) is 2.78. The Kier molecular flexibility index (Phi) is 4.43. The second-order valence-electron chi connectivity index (χ2n) is 5.42. The van der Waals surface area contributed by atoms with Gasteiger partial charge in [0.15, 0.2) is 0 Å². The SMILES string of the molecule is CCCNCc1nnc(C2CCc3ccccc3C2)s1. The molecule has 1 heterocycles. The maximum Gasteiger partial charge on any atom is 0.131 e. The van der Waals surface area contributed by atoms with E-state index in [0.29, 0.717) is 5.92 Å². The standard InChI is InChI=1S/C16H21N3S/c1-2-9-17-11-15-18-19-16(20-15)14-8-7-12-5-3-4-6-13(12)10-14/h3-6,14,17H,2,7-11H2,1H3. The van der Waals surface area contributed by atoms with Crippen molar-refractivity contribution in [2.75, 3.05) is 6.54 Å². The third-order valence-electron chi connectivity index (χ3n) is 3.88. The molecule has 0 saturated heterocycles. The molecular formula is C16H21N3S. The Bertz CT molecular complexity index is 564. The molecule has 2 aromatic rings. The fourth-order valence-corrected chi connectivity index (χ4v) is 3.73. The molecule has 3 nitrogen and oxygen atoms in total. The zero-order chi connectivity index (χ0) is 13.8. The maximum atomic E-state index is 4.42. The Morgan fingerprint density at radius 2 is 2.10 bits per heavy atom. The number of rotatable bonds is 5. The van der Waals surface area contributed by atoms with Crippen molar-refractivity contribution < 1.29 is 0 Å². The highest BCUT2D eigenvalue weighted by Crippen LogP contribution is 2.33. The molecule has 1 aliphatic carbocycles. The van der Waals surface area contributed by atoms with Gasteiger partial charge in [0.05, 0.1) is 0 Å². The summed E-state index contributed by atoms with van der Waals surface area (Å²) in [7, 11) is 0. The number of nitrogens with zero attached hydrogens (tertiary/aromatic N) is 2. The van der Waals surface area contributed by atoms with E-state index in [0.717, 1.165) is 30.9 Å². The van der Waals surface area contributed by atoms with Crippen LogP contribution in [0, 0.1) is 0 Å². The molecule has 0 saturated carbocycles. The van der Waals surface area contributed by atoms with Crippen molar-refractivity contribution in [2.24, 2.45) is 0 Å². The first-order valence-electron chi connectivity index (χ1n) is 7.46. The molecule has 1 aromatic carbocycles. The lowest BCUT2D eigenvalue weighted by molar-refractivity contribution is 0.576. The van der Waals surface area contributed by atoms with Crippen LogP contribution < -0.4 is 5.32 Å². The predicted octanol–water partition coefficient (Wildman–Crippen LogP) is 3.31. The van der Waals surface area contributed by atoms with Crippen LogP contribution in [0.1, 0.15) is 46.8 Å². The van der Waals surface area contributed by atoms with Crippen LogP contribution >= 0.6 is 11.3 Å². The van der Waals surface area contributed by atoms with Gasteiger partial charge in [-0.2, -0.15) is 0 Å². The number of fused-ring (bicyclic) bond motifs is 1. The minimum absolute atomic E-state index is 0.558. The monoisotopic (exact) mass is 287 g/mol. The summed E-state index contributed by atoms with van der Waals surface area (Å²) in [6, 6.07) is 8.79. The second-order valence-corrected chi connectivity index (χ2v) is 6.51. The van der Waals surface area contributed by atoms with E-state index >= 15 is 0 Å². The highest BCUT2D eigenvalue weighted by molar-refractivity contribution is 7.11. The lowest BCUT2D eigenvalue weighted by atomic mass is 9.84. The molecule has 4 heteroatoms. The van der Waals surface area contributed by atoms with Crippen molar-refractivity contribution in [1.82, 2.24) is 15.5 Å². The molecule has 3 rings (SSSR count). The molecule has 0 radical (unpaired) electrons. The minimum atomic E-state index is 0.558. The van der Waals surface area contributed by atoms with Crippen LogP contribution in [0.3, 0.4) is 0 Å². The van der Waals surface area contributed by atoms with Crippen molar-refractivity contribution in [3.8, 4) is 0 Å². The summed E-state index contributed by atoms with van der Waals surface area (Å²) in [5.74, 6) is 0.558. The van der Waals surface area contributed by atoms with E-state index in [9.17, 15) is 0 Å². The van der Waals surface area contributed by atoms with Gasteiger partial charge in [-0.05, 0) is 43.4 Å². The van der Waals surface area contributed by atoms with Gasteiger partial charge in [-0.15, -0.1) is 10.2 Å². The highest BCUT2D eigenvalue weighted by atomic mass is 32.1. The number of hydrogen-bond acceptors (Lipinski definition) is 4. The van der Waals surface area contributed by atoms with E-state index in [4.69, 9.17) is 0 Å². The second kappa shape index (κ2) is 6.46. The van der Waals surface area contributed by atoms with Gasteiger partial charge in [0, 0.05) is 12.5 Å². The summed E-state index contributed by atoms with van der Waals surface area (Å²) < 4.78 is 0. The quantitative estimate of drug-likeness (QED) is 0.857.